The smallest absolute Gasteiger partial charge is 0.253 e. The summed E-state index contributed by atoms with van der Waals surface area (Å²) in [7, 11) is 5.27. The number of rotatable bonds is 8. The number of hydrogen-bond acceptors (Lipinski definition) is 7. The average Bonchev–Trinajstić information content (AvgIpc) is 3.36. The summed E-state index contributed by atoms with van der Waals surface area (Å²) >= 11 is 0. The van der Waals surface area contributed by atoms with Crippen LogP contribution in [0.15, 0.2) is 53.3 Å². The van der Waals surface area contributed by atoms with Crippen molar-refractivity contribution in [3.05, 3.63) is 75.8 Å². The van der Waals surface area contributed by atoms with Crippen molar-refractivity contribution in [3.8, 4) is 11.5 Å². The van der Waals surface area contributed by atoms with E-state index in [1.165, 1.54) is 19.3 Å². The van der Waals surface area contributed by atoms with Crippen molar-refractivity contribution >= 4 is 10.9 Å². The van der Waals surface area contributed by atoms with E-state index in [1.54, 1.807) is 25.0 Å². The van der Waals surface area contributed by atoms with Gasteiger partial charge in [-0.2, -0.15) is 0 Å². The van der Waals surface area contributed by atoms with Crippen LogP contribution in [0.1, 0.15) is 55.1 Å². The van der Waals surface area contributed by atoms with Crippen LogP contribution in [0.4, 0.5) is 0 Å². The Kier molecular flexibility index (Phi) is 6.99. The molecule has 1 aliphatic carbocycles. The summed E-state index contributed by atoms with van der Waals surface area (Å²) in [5, 5.41) is 13.6. The van der Waals surface area contributed by atoms with E-state index in [1.807, 2.05) is 42.5 Å². The summed E-state index contributed by atoms with van der Waals surface area (Å²) in [6, 6.07) is 15.6. The zero-order chi connectivity index (χ0) is 25.1. The van der Waals surface area contributed by atoms with E-state index in [0.29, 0.717) is 41.0 Å². The number of hydrogen-bond donors (Lipinski definition) is 1. The molecule has 0 saturated heterocycles. The van der Waals surface area contributed by atoms with Gasteiger partial charge < -0.3 is 14.5 Å². The summed E-state index contributed by atoms with van der Waals surface area (Å²) in [5.74, 6) is 1.82. The van der Waals surface area contributed by atoms with E-state index in [0.717, 1.165) is 23.8 Å². The van der Waals surface area contributed by atoms with Crippen LogP contribution < -0.4 is 15.0 Å². The van der Waals surface area contributed by atoms with Crippen LogP contribution in [0.2, 0.25) is 0 Å². The second kappa shape index (κ2) is 10.5. The summed E-state index contributed by atoms with van der Waals surface area (Å²) in [5.41, 5.74) is 2.21. The van der Waals surface area contributed by atoms with Crippen LogP contribution in [0, 0.1) is 0 Å². The Morgan fingerprint density at radius 2 is 1.78 bits per heavy atom. The van der Waals surface area contributed by atoms with Crippen LogP contribution in [0.5, 0.6) is 11.5 Å². The summed E-state index contributed by atoms with van der Waals surface area (Å²) < 4.78 is 12.7. The molecule has 0 aliphatic heterocycles. The molecule has 0 radical (unpaired) electrons. The third-order valence-electron chi connectivity index (χ3n) is 7.21. The minimum absolute atomic E-state index is 0.170. The SMILES string of the molecule is COc1cc2cc([C@H](c3nnnn3Cc3ccccc3)N(C)C3CCCCC3)c(=O)[nH]c2cc1OC. The first-order valence-corrected chi connectivity index (χ1v) is 12.4. The van der Waals surface area contributed by atoms with Crippen molar-refractivity contribution < 1.29 is 9.47 Å². The van der Waals surface area contributed by atoms with Crippen molar-refractivity contribution in [1.82, 2.24) is 30.1 Å². The first-order valence-electron chi connectivity index (χ1n) is 12.4. The van der Waals surface area contributed by atoms with Gasteiger partial charge in [0.1, 0.15) is 6.04 Å². The molecule has 1 fully saturated rings. The topological polar surface area (TPSA) is 98.2 Å². The number of aromatic amines is 1. The van der Waals surface area contributed by atoms with E-state index in [-0.39, 0.29) is 5.56 Å². The van der Waals surface area contributed by atoms with E-state index < -0.39 is 6.04 Å². The predicted octanol–water partition coefficient (Wildman–Crippen LogP) is 3.93. The number of fused-ring (bicyclic) bond motifs is 1. The van der Waals surface area contributed by atoms with Crippen molar-refractivity contribution in [2.45, 2.75) is 50.7 Å². The number of nitrogens with one attached hydrogen (secondary N) is 1. The number of pyridine rings is 1. The number of nitrogens with zero attached hydrogens (tertiary/aromatic N) is 5. The molecule has 4 aromatic rings. The highest BCUT2D eigenvalue weighted by molar-refractivity contribution is 5.83. The number of methoxy groups -OCH3 is 2. The Balaban J connectivity index is 1.63. The zero-order valence-electron chi connectivity index (χ0n) is 21.0. The Morgan fingerprint density at radius 3 is 2.50 bits per heavy atom. The van der Waals surface area contributed by atoms with Crippen LogP contribution >= 0.6 is 0 Å². The molecule has 1 aliphatic rings. The summed E-state index contributed by atoms with van der Waals surface area (Å²) in [6.45, 7) is 0.523. The number of aromatic nitrogens is 5. The fourth-order valence-corrected chi connectivity index (χ4v) is 5.27. The highest BCUT2D eigenvalue weighted by Gasteiger charge is 2.33. The highest BCUT2D eigenvalue weighted by Crippen LogP contribution is 2.35. The van der Waals surface area contributed by atoms with E-state index in [2.05, 4.69) is 32.5 Å². The van der Waals surface area contributed by atoms with Gasteiger partial charge in [0, 0.05) is 23.1 Å². The number of tetrazole rings is 1. The molecule has 1 N–H and O–H groups in total. The fourth-order valence-electron chi connectivity index (χ4n) is 5.27. The van der Waals surface area contributed by atoms with Crippen molar-refractivity contribution in [2.75, 3.05) is 21.3 Å². The molecular weight excluding hydrogens is 456 g/mol. The van der Waals surface area contributed by atoms with E-state index >= 15 is 0 Å². The minimum Gasteiger partial charge on any atom is -0.493 e. The lowest BCUT2D eigenvalue weighted by molar-refractivity contribution is 0.149. The lowest BCUT2D eigenvalue weighted by Crippen LogP contribution is -2.40. The van der Waals surface area contributed by atoms with Gasteiger partial charge in [0.05, 0.1) is 26.3 Å². The standard InChI is InChI=1S/C27H32N6O3/c1-32(20-12-8-5-9-13-20)25(26-29-30-31-33(26)17-18-10-6-4-7-11-18)21-14-19-15-23(35-2)24(36-3)16-22(19)28-27(21)34/h4,6-7,10-11,14-16,20,25H,5,8-9,12-13,17H2,1-3H3,(H,28,34)/t25-/m1/s1. The molecule has 36 heavy (non-hydrogen) atoms. The molecule has 9 nitrogen and oxygen atoms in total. The molecule has 5 rings (SSSR count). The van der Waals surface area contributed by atoms with Gasteiger partial charge in [-0.25, -0.2) is 4.68 Å². The highest BCUT2D eigenvalue weighted by atomic mass is 16.5. The third-order valence-corrected chi connectivity index (χ3v) is 7.21. The molecule has 0 unspecified atom stereocenters. The van der Waals surface area contributed by atoms with Crippen molar-refractivity contribution in [1.29, 1.82) is 0 Å². The van der Waals surface area contributed by atoms with Gasteiger partial charge in [0.2, 0.25) is 0 Å². The Morgan fingerprint density at radius 1 is 1.06 bits per heavy atom. The normalized spacial score (nSPS) is 15.3. The van der Waals surface area contributed by atoms with Gasteiger partial charge >= 0.3 is 0 Å². The molecule has 0 amide bonds. The molecule has 188 valence electrons. The maximum atomic E-state index is 13.5. The quantitative estimate of drug-likeness (QED) is 0.401. The van der Waals surface area contributed by atoms with Gasteiger partial charge in [-0.15, -0.1) is 5.10 Å². The Bertz CT molecular complexity index is 1380. The molecular formula is C27H32N6O3. The largest absolute Gasteiger partial charge is 0.493 e. The van der Waals surface area contributed by atoms with Gasteiger partial charge in [-0.3, -0.25) is 9.69 Å². The lowest BCUT2D eigenvalue weighted by atomic mass is 9.92. The fraction of sp³-hybridized carbons (Fsp3) is 0.407. The second-order valence-corrected chi connectivity index (χ2v) is 9.39. The van der Waals surface area contributed by atoms with Gasteiger partial charge in [0.25, 0.3) is 5.56 Å². The van der Waals surface area contributed by atoms with E-state index in [4.69, 9.17) is 9.47 Å². The second-order valence-electron chi connectivity index (χ2n) is 9.39. The van der Waals surface area contributed by atoms with E-state index in [9.17, 15) is 4.79 Å². The number of ether oxygens (including phenoxy) is 2. The Hall–Kier alpha value is -3.72. The number of benzene rings is 2. The van der Waals surface area contributed by atoms with Gasteiger partial charge in [-0.05, 0) is 48.0 Å². The van der Waals surface area contributed by atoms with Crippen LogP contribution in [-0.2, 0) is 6.54 Å². The van der Waals surface area contributed by atoms with Crippen molar-refractivity contribution in [2.24, 2.45) is 0 Å². The molecule has 1 saturated carbocycles. The molecule has 2 aromatic carbocycles. The average molecular weight is 489 g/mol. The summed E-state index contributed by atoms with van der Waals surface area (Å²) in [4.78, 5) is 18.9. The van der Waals surface area contributed by atoms with Crippen LogP contribution in [-0.4, -0.2) is 57.4 Å². The summed E-state index contributed by atoms with van der Waals surface area (Å²) in [6.07, 6.45) is 5.79. The molecule has 2 heterocycles. The molecule has 0 spiro atoms. The maximum absolute atomic E-state index is 13.5. The van der Waals surface area contributed by atoms with Gasteiger partial charge in [-0.1, -0.05) is 49.6 Å². The predicted molar refractivity (Wildman–Crippen MR) is 138 cm³/mol. The maximum Gasteiger partial charge on any atom is 0.253 e. The monoisotopic (exact) mass is 488 g/mol. The minimum atomic E-state index is -0.409. The molecule has 9 heteroatoms. The molecule has 1 atom stereocenters. The van der Waals surface area contributed by atoms with Gasteiger partial charge in [0.15, 0.2) is 17.3 Å². The third kappa shape index (κ3) is 4.70. The Labute approximate surface area is 210 Å². The zero-order valence-corrected chi connectivity index (χ0v) is 21.0. The van der Waals surface area contributed by atoms with Crippen molar-refractivity contribution in [3.63, 3.8) is 0 Å². The van der Waals surface area contributed by atoms with Crippen LogP contribution in [0.3, 0.4) is 0 Å². The first kappa shape index (κ1) is 24.0. The lowest BCUT2D eigenvalue weighted by Gasteiger charge is -2.36. The molecule has 0 bridgehead atoms. The first-order chi connectivity index (χ1) is 17.6. The molecule has 2 aromatic heterocycles. The number of H-pyrrole nitrogens is 1. The van der Waals surface area contributed by atoms with Crippen LogP contribution in [0.25, 0.3) is 10.9 Å².